The number of hydrogen-bond acceptors (Lipinski definition) is 5. The zero-order valence-corrected chi connectivity index (χ0v) is 24.1. The Labute approximate surface area is 249 Å². The van der Waals surface area contributed by atoms with Crippen molar-refractivity contribution in [3.8, 4) is 22.8 Å². The molecule has 0 radical (unpaired) electrons. The number of halogens is 4. The standard InChI is InChI=1S/C30H28F4N6O2S/c1-19(2)25-17-22(31)7-12-26(25)39-15-16-43-29(39)37-28(41)35-14-13-20-3-5-21(6-4-20)27-36-18-40(38-27)23-8-10-24(11-9-23)42-30(32,33)34/h3-12,17-19H,13-16H2,1-2H3,(H,35,41). The van der Waals surface area contributed by atoms with Crippen molar-refractivity contribution in [1.29, 1.82) is 0 Å². The summed E-state index contributed by atoms with van der Waals surface area (Å²) in [4.78, 5) is 23.1. The average Bonchev–Trinajstić information content (AvgIpc) is 3.63. The smallest absolute Gasteiger partial charge is 0.406 e. The summed E-state index contributed by atoms with van der Waals surface area (Å²) in [7, 11) is 0. The molecule has 3 aromatic carbocycles. The Morgan fingerprint density at radius 1 is 1.09 bits per heavy atom. The molecule has 1 aliphatic rings. The normalized spacial score (nSPS) is 14.5. The number of alkyl halides is 3. The third kappa shape index (κ3) is 7.72. The van der Waals surface area contributed by atoms with E-state index in [-0.39, 0.29) is 17.5 Å². The van der Waals surface area contributed by atoms with Gasteiger partial charge < -0.3 is 15.0 Å². The van der Waals surface area contributed by atoms with Crippen LogP contribution in [0.1, 0.15) is 30.9 Å². The summed E-state index contributed by atoms with van der Waals surface area (Å²) >= 11 is 1.49. The SMILES string of the molecule is CC(C)c1cc(F)ccc1N1CCSC1=NC(=O)NCCc1ccc(-c2ncn(-c3ccc(OC(F)(F)F)cc3)n2)cc1. The van der Waals surface area contributed by atoms with E-state index in [0.717, 1.165) is 28.1 Å². The van der Waals surface area contributed by atoms with Crippen molar-refractivity contribution in [1.82, 2.24) is 20.1 Å². The Bertz CT molecular complexity index is 1600. The van der Waals surface area contributed by atoms with Crippen LogP contribution in [0.3, 0.4) is 0 Å². The molecule has 13 heteroatoms. The molecule has 2 heterocycles. The number of amides is 2. The van der Waals surface area contributed by atoms with E-state index in [0.29, 0.717) is 36.2 Å². The highest BCUT2D eigenvalue weighted by Gasteiger charge is 2.31. The lowest BCUT2D eigenvalue weighted by atomic mass is 10.0. The topological polar surface area (TPSA) is 84.6 Å². The monoisotopic (exact) mass is 612 g/mol. The fourth-order valence-electron chi connectivity index (χ4n) is 4.53. The van der Waals surface area contributed by atoms with E-state index in [2.05, 4.69) is 25.1 Å². The van der Waals surface area contributed by atoms with Gasteiger partial charge in [-0.15, -0.1) is 18.3 Å². The van der Waals surface area contributed by atoms with Crippen LogP contribution >= 0.6 is 11.8 Å². The second kappa shape index (κ2) is 12.9. The highest BCUT2D eigenvalue weighted by molar-refractivity contribution is 8.14. The van der Waals surface area contributed by atoms with Crippen LogP contribution in [0.5, 0.6) is 5.75 Å². The zero-order valence-electron chi connectivity index (χ0n) is 23.3. The van der Waals surface area contributed by atoms with Crippen LogP contribution in [0, 0.1) is 5.82 Å². The number of aromatic nitrogens is 3. The third-order valence-electron chi connectivity index (χ3n) is 6.61. The van der Waals surface area contributed by atoms with Gasteiger partial charge in [-0.25, -0.2) is 18.9 Å². The van der Waals surface area contributed by atoms with Gasteiger partial charge in [0.1, 0.15) is 17.9 Å². The van der Waals surface area contributed by atoms with Gasteiger partial charge in [-0.2, -0.15) is 4.99 Å². The molecule has 224 valence electrons. The molecule has 5 rings (SSSR count). The number of aliphatic imine (C=N–C) groups is 1. The summed E-state index contributed by atoms with van der Waals surface area (Å²) in [6.45, 7) is 5.08. The van der Waals surface area contributed by atoms with Crippen molar-refractivity contribution >= 4 is 28.6 Å². The Balaban J connectivity index is 1.15. The quantitative estimate of drug-likeness (QED) is 0.217. The highest BCUT2D eigenvalue weighted by atomic mass is 32.2. The number of carbonyl (C=O) groups is 1. The van der Waals surface area contributed by atoms with Gasteiger partial charge in [-0.05, 0) is 65.9 Å². The van der Waals surface area contributed by atoms with Crippen LogP contribution < -0.4 is 15.0 Å². The molecule has 1 N–H and O–H groups in total. The molecule has 43 heavy (non-hydrogen) atoms. The molecular formula is C30H28F4N6O2S. The van der Waals surface area contributed by atoms with Crippen molar-refractivity contribution in [3.05, 3.63) is 90.0 Å². The summed E-state index contributed by atoms with van der Waals surface area (Å²) in [5, 5.41) is 7.84. The number of nitrogens with zero attached hydrogens (tertiary/aromatic N) is 5. The van der Waals surface area contributed by atoms with Gasteiger partial charge >= 0.3 is 12.4 Å². The summed E-state index contributed by atoms with van der Waals surface area (Å²) in [6, 6.07) is 17.1. The van der Waals surface area contributed by atoms with Crippen LogP contribution in [0.4, 0.5) is 28.0 Å². The van der Waals surface area contributed by atoms with E-state index < -0.39 is 12.4 Å². The Kier molecular flexibility index (Phi) is 9.00. The second-order valence-corrected chi connectivity index (χ2v) is 11.0. The molecular weight excluding hydrogens is 584 g/mol. The number of anilines is 1. The molecule has 2 amide bonds. The largest absolute Gasteiger partial charge is 0.573 e. The number of benzene rings is 3. The second-order valence-electron chi connectivity index (χ2n) is 9.99. The molecule has 1 aliphatic heterocycles. The fraction of sp³-hybridized carbons (Fsp3) is 0.267. The van der Waals surface area contributed by atoms with Gasteiger partial charge in [0.15, 0.2) is 11.0 Å². The minimum atomic E-state index is -4.76. The van der Waals surface area contributed by atoms with Gasteiger partial charge in [0.2, 0.25) is 0 Å². The summed E-state index contributed by atoms with van der Waals surface area (Å²) in [5.41, 5.74) is 4.01. The fourth-order valence-corrected chi connectivity index (χ4v) is 5.48. The first-order valence-electron chi connectivity index (χ1n) is 13.5. The van der Waals surface area contributed by atoms with Crippen LogP contribution in [0.15, 0.2) is 78.0 Å². The van der Waals surface area contributed by atoms with E-state index in [1.807, 2.05) is 43.0 Å². The number of urea groups is 1. The number of thioether (sulfide) groups is 1. The maximum Gasteiger partial charge on any atom is 0.573 e. The van der Waals surface area contributed by atoms with Gasteiger partial charge in [0.05, 0.1) is 5.69 Å². The molecule has 0 spiro atoms. The predicted molar refractivity (Wildman–Crippen MR) is 158 cm³/mol. The lowest BCUT2D eigenvalue weighted by Crippen LogP contribution is -2.29. The molecule has 0 aliphatic carbocycles. The molecule has 1 fully saturated rings. The van der Waals surface area contributed by atoms with E-state index >= 15 is 0 Å². The van der Waals surface area contributed by atoms with Gasteiger partial charge in [0, 0.05) is 30.1 Å². The van der Waals surface area contributed by atoms with Gasteiger partial charge in [0.25, 0.3) is 0 Å². The summed E-state index contributed by atoms with van der Waals surface area (Å²) in [5.74, 6) is 0.740. The number of rotatable bonds is 8. The molecule has 4 aromatic rings. The number of ether oxygens (including phenoxy) is 1. The summed E-state index contributed by atoms with van der Waals surface area (Å²) in [6.07, 6.45) is -2.70. The average molecular weight is 613 g/mol. The Hall–Kier alpha value is -4.39. The molecule has 0 atom stereocenters. The van der Waals surface area contributed by atoms with E-state index in [1.54, 1.807) is 6.07 Å². The van der Waals surface area contributed by atoms with Crippen LogP contribution in [0.2, 0.25) is 0 Å². The molecule has 0 unspecified atom stereocenters. The molecule has 0 saturated carbocycles. The predicted octanol–water partition coefficient (Wildman–Crippen LogP) is 6.96. The van der Waals surface area contributed by atoms with E-state index in [1.165, 1.54) is 59.2 Å². The van der Waals surface area contributed by atoms with Crippen molar-refractivity contribution in [2.45, 2.75) is 32.5 Å². The number of carbonyl (C=O) groups excluding carboxylic acids is 1. The Morgan fingerprint density at radius 3 is 2.53 bits per heavy atom. The maximum absolute atomic E-state index is 13.8. The van der Waals surface area contributed by atoms with E-state index in [9.17, 15) is 22.4 Å². The molecule has 8 nitrogen and oxygen atoms in total. The van der Waals surface area contributed by atoms with Crippen molar-refractivity contribution in [2.24, 2.45) is 4.99 Å². The summed E-state index contributed by atoms with van der Waals surface area (Å²) < 4.78 is 56.4. The van der Waals surface area contributed by atoms with Crippen LogP contribution in [-0.4, -0.2) is 51.2 Å². The number of nitrogens with one attached hydrogen (secondary N) is 1. The lowest BCUT2D eigenvalue weighted by Gasteiger charge is -2.23. The minimum Gasteiger partial charge on any atom is -0.406 e. The minimum absolute atomic E-state index is 0.117. The first-order valence-corrected chi connectivity index (χ1v) is 14.5. The van der Waals surface area contributed by atoms with Gasteiger partial charge in [-0.1, -0.05) is 49.9 Å². The maximum atomic E-state index is 13.8. The third-order valence-corrected chi connectivity index (χ3v) is 7.56. The number of amidine groups is 1. The lowest BCUT2D eigenvalue weighted by molar-refractivity contribution is -0.274. The molecule has 0 bridgehead atoms. The zero-order chi connectivity index (χ0) is 30.6. The Morgan fingerprint density at radius 2 is 1.84 bits per heavy atom. The molecule has 1 saturated heterocycles. The van der Waals surface area contributed by atoms with Crippen LogP contribution in [0.25, 0.3) is 17.1 Å². The van der Waals surface area contributed by atoms with E-state index in [4.69, 9.17) is 0 Å². The van der Waals surface area contributed by atoms with Crippen molar-refractivity contribution in [2.75, 3.05) is 23.7 Å². The first kappa shape index (κ1) is 30.1. The van der Waals surface area contributed by atoms with Crippen LogP contribution in [-0.2, 0) is 6.42 Å². The first-order chi connectivity index (χ1) is 20.6. The van der Waals surface area contributed by atoms with Gasteiger partial charge in [-0.3, -0.25) is 0 Å². The molecule has 1 aromatic heterocycles. The van der Waals surface area contributed by atoms with Crippen molar-refractivity contribution < 1.29 is 27.1 Å². The van der Waals surface area contributed by atoms with Crippen molar-refractivity contribution in [3.63, 3.8) is 0 Å². The number of hydrogen-bond donors (Lipinski definition) is 1. The highest BCUT2D eigenvalue weighted by Crippen LogP contribution is 2.33.